The molecule has 4 heteroatoms. The molecule has 8 heavy (non-hydrogen) atoms. The summed E-state index contributed by atoms with van der Waals surface area (Å²) in [6, 6.07) is 0. The van der Waals surface area contributed by atoms with Crippen molar-refractivity contribution in [2.45, 2.75) is 18.1 Å². The van der Waals surface area contributed by atoms with Gasteiger partial charge in [-0.25, -0.2) is 8.78 Å². The third-order valence-corrected chi connectivity index (χ3v) is 1.61. The lowest BCUT2D eigenvalue weighted by Crippen LogP contribution is -2.19. The van der Waals surface area contributed by atoms with Gasteiger partial charge in [0.2, 0.25) is 0 Å². The van der Waals surface area contributed by atoms with Crippen molar-refractivity contribution in [2.24, 2.45) is 0 Å². The molecule has 1 fully saturated rings. The monoisotopic (exact) mass is 139 g/mol. The Morgan fingerprint density at radius 2 is 2.25 bits per heavy atom. The van der Waals surface area contributed by atoms with E-state index in [0.717, 1.165) is 0 Å². The fraction of sp³-hybridized carbons (Fsp3) is 1.00. The van der Waals surface area contributed by atoms with Crippen molar-refractivity contribution >= 4 is 9.24 Å². The third kappa shape index (κ3) is 1.36. The van der Waals surface area contributed by atoms with Crippen LogP contribution in [0, 0.1) is 0 Å². The molecule has 1 N–H and O–H groups in total. The number of nitrogens with one attached hydrogen (secondary N) is 1. The topological polar surface area (TPSA) is 12.0 Å². The van der Waals surface area contributed by atoms with Gasteiger partial charge in [-0.3, -0.25) is 0 Å². The minimum atomic E-state index is -2.47. The molecule has 1 aliphatic rings. The first-order chi connectivity index (χ1) is 3.60. The highest BCUT2D eigenvalue weighted by Gasteiger charge is 2.36. The smallest absolute Gasteiger partial charge is 0.262 e. The molecule has 1 nitrogen and oxygen atoms in total. The number of hydrogen-bond acceptors (Lipinski definition) is 1. The summed E-state index contributed by atoms with van der Waals surface area (Å²) < 4.78 is 24.2. The Morgan fingerprint density at radius 3 is 2.38 bits per heavy atom. The Labute approximate surface area is 49.0 Å². The van der Waals surface area contributed by atoms with Crippen molar-refractivity contribution < 1.29 is 8.78 Å². The van der Waals surface area contributed by atoms with E-state index in [9.17, 15) is 8.78 Å². The molecule has 0 aromatic carbocycles. The molecule has 0 aliphatic carbocycles. The Bertz CT molecular complexity index is 96.0. The summed E-state index contributed by atoms with van der Waals surface area (Å²) >= 11 is 0. The summed E-state index contributed by atoms with van der Waals surface area (Å²) in [5, 5.41) is 2.62. The average Bonchev–Trinajstić information content (AvgIpc) is 1.82. The molecular weight excluding hydrogens is 131 g/mol. The third-order valence-electron chi connectivity index (χ3n) is 1.14. The maximum absolute atomic E-state index is 12.1. The van der Waals surface area contributed by atoms with E-state index in [0.29, 0.717) is 0 Å². The highest BCUT2D eigenvalue weighted by Crippen LogP contribution is 2.27. The van der Waals surface area contributed by atoms with E-state index in [1.54, 1.807) is 0 Å². The molecule has 0 bridgehead atoms. The normalized spacial score (nSPS) is 35.6. The Balaban J connectivity index is 2.44. The zero-order chi connectivity index (χ0) is 6.20. The highest BCUT2D eigenvalue weighted by atomic mass is 31.0. The fourth-order valence-corrected chi connectivity index (χ4v) is 1.21. The Kier molecular flexibility index (Phi) is 1.50. The van der Waals surface area contributed by atoms with E-state index in [2.05, 4.69) is 14.6 Å². The van der Waals surface area contributed by atoms with Crippen LogP contribution in [-0.4, -0.2) is 18.3 Å². The molecule has 0 aromatic rings. The van der Waals surface area contributed by atoms with Crippen LogP contribution in [0.1, 0.15) is 6.42 Å². The molecule has 1 saturated heterocycles. The summed E-state index contributed by atoms with van der Waals surface area (Å²) in [7, 11) is 2.32. The molecule has 0 saturated carbocycles. The summed E-state index contributed by atoms with van der Waals surface area (Å²) in [5.74, 6) is -2.56. The van der Waals surface area contributed by atoms with E-state index in [1.165, 1.54) is 0 Å². The quantitative estimate of drug-likeness (QED) is 0.490. The molecule has 48 valence electrons. The van der Waals surface area contributed by atoms with Crippen LogP contribution in [0.2, 0.25) is 0 Å². The number of halogens is 2. The molecule has 0 spiro atoms. The van der Waals surface area contributed by atoms with Crippen LogP contribution in [0.3, 0.4) is 0 Å². The molecule has 2 atom stereocenters. The van der Waals surface area contributed by atoms with Gasteiger partial charge in [0, 0.05) is 12.2 Å². The summed E-state index contributed by atoms with van der Waals surface area (Å²) in [6.45, 7) is -0.166. The van der Waals surface area contributed by atoms with E-state index in [4.69, 9.17) is 0 Å². The van der Waals surface area contributed by atoms with Crippen molar-refractivity contribution in [1.29, 1.82) is 0 Å². The van der Waals surface area contributed by atoms with Crippen LogP contribution in [0.5, 0.6) is 0 Å². The van der Waals surface area contributed by atoms with Crippen molar-refractivity contribution in [3.05, 3.63) is 0 Å². The van der Waals surface area contributed by atoms with Crippen molar-refractivity contribution in [2.75, 3.05) is 6.54 Å². The Hall–Kier alpha value is 0.250. The fourth-order valence-electron chi connectivity index (χ4n) is 0.746. The predicted octanol–water partition coefficient (Wildman–Crippen LogP) is 0.816. The minimum absolute atomic E-state index is 0.0440. The predicted molar refractivity (Wildman–Crippen MR) is 31.1 cm³/mol. The lowest BCUT2D eigenvalue weighted by molar-refractivity contribution is 0.0230. The summed E-state index contributed by atoms with van der Waals surface area (Å²) in [5.41, 5.74) is 0. The zero-order valence-corrected chi connectivity index (χ0v) is 5.48. The molecule has 1 heterocycles. The van der Waals surface area contributed by atoms with Gasteiger partial charge in [-0.05, 0) is 0 Å². The van der Waals surface area contributed by atoms with Crippen LogP contribution in [0.4, 0.5) is 8.78 Å². The maximum Gasteiger partial charge on any atom is 0.262 e. The van der Waals surface area contributed by atoms with Crippen molar-refractivity contribution in [3.63, 3.8) is 0 Å². The average molecular weight is 139 g/mol. The maximum atomic E-state index is 12.1. The molecular formula is C4H8F2NP. The number of hydrogen-bond donors (Lipinski definition) is 1. The first kappa shape index (κ1) is 6.37. The Morgan fingerprint density at radius 1 is 1.62 bits per heavy atom. The van der Waals surface area contributed by atoms with Gasteiger partial charge >= 0.3 is 0 Å². The lowest BCUT2D eigenvalue weighted by atomic mass is 10.3. The minimum Gasteiger partial charge on any atom is -0.305 e. The van der Waals surface area contributed by atoms with E-state index in [-0.39, 0.29) is 18.7 Å². The van der Waals surface area contributed by atoms with Crippen LogP contribution in [0.15, 0.2) is 0 Å². The van der Waals surface area contributed by atoms with Crippen LogP contribution >= 0.6 is 9.24 Å². The molecule has 1 aliphatic heterocycles. The van der Waals surface area contributed by atoms with Gasteiger partial charge in [-0.1, -0.05) is 0 Å². The zero-order valence-electron chi connectivity index (χ0n) is 4.32. The van der Waals surface area contributed by atoms with Gasteiger partial charge in [0.15, 0.2) is 0 Å². The first-order valence-corrected chi connectivity index (χ1v) is 3.14. The molecule has 2 unspecified atom stereocenters. The van der Waals surface area contributed by atoms with E-state index < -0.39 is 5.92 Å². The lowest BCUT2D eigenvalue weighted by Gasteiger charge is -2.03. The van der Waals surface area contributed by atoms with Crippen LogP contribution in [0.25, 0.3) is 0 Å². The second-order valence-corrected chi connectivity index (χ2v) is 2.85. The second kappa shape index (κ2) is 1.89. The summed E-state index contributed by atoms with van der Waals surface area (Å²) in [6.07, 6.45) is -0.0440. The molecule has 0 amide bonds. The van der Waals surface area contributed by atoms with Gasteiger partial charge in [0.05, 0.1) is 6.54 Å². The van der Waals surface area contributed by atoms with Crippen LogP contribution in [-0.2, 0) is 0 Å². The van der Waals surface area contributed by atoms with E-state index >= 15 is 0 Å². The second-order valence-electron chi connectivity index (χ2n) is 2.05. The molecule has 0 aromatic heterocycles. The number of alkyl halides is 2. The van der Waals surface area contributed by atoms with Crippen molar-refractivity contribution in [1.82, 2.24) is 5.32 Å². The van der Waals surface area contributed by atoms with Crippen LogP contribution < -0.4 is 5.32 Å². The molecule has 0 radical (unpaired) electrons. The van der Waals surface area contributed by atoms with Gasteiger partial charge in [0.1, 0.15) is 0 Å². The van der Waals surface area contributed by atoms with Crippen molar-refractivity contribution in [3.8, 4) is 0 Å². The number of rotatable bonds is 0. The standard InChI is InChI=1S/C4H8F2NP/c5-4(6)1-3(8)7-2-4/h3,7H,1-2,8H2. The largest absolute Gasteiger partial charge is 0.305 e. The van der Waals surface area contributed by atoms with Gasteiger partial charge < -0.3 is 5.32 Å². The SMILES string of the molecule is FC1(F)CNC(P)C1. The first-order valence-electron chi connectivity index (χ1n) is 2.47. The summed E-state index contributed by atoms with van der Waals surface area (Å²) in [4.78, 5) is 0. The van der Waals surface area contributed by atoms with Gasteiger partial charge in [0.25, 0.3) is 5.92 Å². The van der Waals surface area contributed by atoms with E-state index in [1.807, 2.05) is 0 Å². The molecule has 1 rings (SSSR count). The van der Waals surface area contributed by atoms with Gasteiger partial charge in [-0.15, -0.1) is 9.24 Å². The highest BCUT2D eigenvalue weighted by molar-refractivity contribution is 7.17. The van der Waals surface area contributed by atoms with Gasteiger partial charge in [-0.2, -0.15) is 0 Å².